The number of nitrogens with one attached hydrogen (secondary N) is 1. The molecule has 0 aliphatic heterocycles. The van der Waals surface area contributed by atoms with E-state index in [9.17, 15) is 4.79 Å². The summed E-state index contributed by atoms with van der Waals surface area (Å²) in [6, 6.07) is 14.5. The Morgan fingerprint density at radius 2 is 1.89 bits per heavy atom. The number of aromatic nitrogens is 3. The Morgan fingerprint density at radius 1 is 1.14 bits per heavy atom. The number of thiazole rings is 1. The summed E-state index contributed by atoms with van der Waals surface area (Å²) in [4.78, 5) is 22.5. The van der Waals surface area contributed by atoms with Gasteiger partial charge in [0.15, 0.2) is 10.8 Å². The van der Waals surface area contributed by atoms with Crippen LogP contribution in [-0.2, 0) is 4.79 Å². The lowest BCUT2D eigenvalue weighted by molar-refractivity contribution is -0.120. The molecule has 2 aromatic heterocycles. The van der Waals surface area contributed by atoms with Gasteiger partial charge in [-0.3, -0.25) is 4.79 Å². The smallest absolute Gasteiger partial charge is 0.247 e. The van der Waals surface area contributed by atoms with Crippen molar-refractivity contribution in [3.8, 4) is 10.8 Å². The third kappa shape index (κ3) is 3.53. The van der Waals surface area contributed by atoms with E-state index in [1.165, 1.54) is 11.3 Å². The minimum atomic E-state index is -0.443. The lowest BCUT2D eigenvalue weighted by atomic mass is 10.0. The molecule has 0 fully saturated rings. The van der Waals surface area contributed by atoms with Crippen molar-refractivity contribution in [1.29, 1.82) is 0 Å². The molecule has 2 heterocycles. The van der Waals surface area contributed by atoms with E-state index in [0.717, 1.165) is 16.0 Å². The highest BCUT2D eigenvalue weighted by Crippen LogP contribution is 2.33. The number of rotatable bonds is 5. The quantitative estimate of drug-likeness (QED) is 0.462. The summed E-state index contributed by atoms with van der Waals surface area (Å²) in [6.45, 7) is 4.07. The van der Waals surface area contributed by atoms with Crippen LogP contribution >= 0.6 is 22.9 Å². The maximum atomic E-state index is 13.3. The van der Waals surface area contributed by atoms with E-state index >= 15 is 0 Å². The molecule has 2 aromatic carbocycles. The number of hydrogen-bond donors (Lipinski definition) is 1. The number of carbonyl (C=O) groups is 1. The SMILES string of the molecule is CC(C)C(C(=O)Nc1ccc(Cl)cc1)n1c(-c2nccs2)nc2ccccc21. The molecule has 1 amide bonds. The summed E-state index contributed by atoms with van der Waals surface area (Å²) in [7, 11) is 0. The summed E-state index contributed by atoms with van der Waals surface area (Å²) >= 11 is 7.47. The fraction of sp³-hybridized carbons (Fsp3) is 0.190. The van der Waals surface area contributed by atoms with Gasteiger partial charge in [0.1, 0.15) is 6.04 Å². The molecule has 0 spiro atoms. The van der Waals surface area contributed by atoms with E-state index in [1.54, 1.807) is 30.5 Å². The topological polar surface area (TPSA) is 59.8 Å². The average Bonchev–Trinajstić information content (AvgIpc) is 3.32. The molecule has 0 saturated carbocycles. The van der Waals surface area contributed by atoms with Gasteiger partial charge in [0.2, 0.25) is 5.91 Å². The van der Waals surface area contributed by atoms with E-state index in [2.05, 4.69) is 10.3 Å². The molecular formula is C21H19ClN4OS. The Kier molecular flexibility index (Phi) is 5.15. The van der Waals surface area contributed by atoms with Crippen LogP contribution in [0.4, 0.5) is 5.69 Å². The van der Waals surface area contributed by atoms with Gasteiger partial charge < -0.3 is 9.88 Å². The Labute approximate surface area is 172 Å². The Bertz CT molecular complexity index is 1100. The van der Waals surface area contributed by atoms with E-state index in [-0.39, 0.29) is 11.8 Å². The van der Waals surface area contributed by atoms with Crippen LogP contribution < -0.4 is 5.32 Å². The largest absolute Gasteiger partial charge is 0.324 e. The van der Waals surface area contributed by atoms with E-state index < -0.39 is 6.04 Å². The zero-order valence-corrected chi connectivity index (χ0v) is 17.0. The second-order valence-electron chi connectivity index (χ2n) is 6.82. The van der Waals surface area contributed by atoms with Crippen LogP contribution in [0.3, 0.4) is 0 Å². The van der Waals surface area contributed by atoms with Crippen LogP contribution in [0.2, 0.25) is 5.02 Å². The molecule has 7 heteroatoms. The second-order valence-corrected chi connectivity index (χ2v) is 8.15. The number of anilines is 1. The van der Waals surface area contributed by atoms with Gasteiger partial charge in [0, 0.05) is 22.3 Å². The van der Waals surface area contributed by atoms with Crippen LogP contribution in [0.5, 0.6) is 0 Å². The van der Waals surface area contributed by atoms with Crippen LogP contribution in [-0.4, -0.2) is 20.4 Å². The molecule has 1 atom stereocenters. The fourth-order valence-electron chi connectivity index (χ4n) is 3.28. The first-order valence-corrected chi connectivity index (χ1v) is 10.2. The zero-order valence-electron chi connectivity index (χ0n) is 15.5. The molecule has 142 valence electrons. The Balaban J connectivity index is 1.81. The van der Waals surface area contributed by atoms with Gasteiger partial charge in [-0.1, -0.05) is 37.6 Å². The predicted molar refractivity (Wildman–Crippen MR) is 115 cm³/mol. The molecule has 0 aliphatic carbocycles. The average molecular weight is 411 g/mol. The number of nitrogens with zero attached hydrogens (tertiary/aromatic N) is 3. The number of halogens is 1. The Hall–Kier alpha value is -2.70. The fourth-order valence-corrected chi connectivity index (χ4v) is 4.03. The number of benzene rings is 2. The lowest BCUT2D eigenvalue weighted by Crippen LogP contribution is -2.30. The number of hydrogen-bond acceptors (Lipinski definition) is 4. The van der Waals surface area contributed by atoms with Gasteiger partial charge in [-0.15, -0.1) is 11.3 Å². The number of fused-ring (bicyclic) bond motifs is 1. The van der Waals surface area contributed by atoms with E-state index in [0.29, 0.717) is 16.5 Å². The minimum absolute atomic E-state index is 0.0450. The highest BCUT2D eigenvalue weighted by atomic mass is 35.5. The Morgan fingerprint density at radius 3 is 2.57 bits per heavy atom. The number of imidazole rings is 1. The normalized spacial score (nSPS) is 12.4. The summed E-state index contributed by atoms with van der Waals surface area (Å²) in [5.74, 6) is 0.656. The van der Waals surface area contributed by atoms with Gasteiger partial charge in [-0.05, 0) is 42.3 Å². The first-order valence-electron chi connectivity index (χ1n) is 8.98. The number of amides is 1. The minimum Gasteiger partial charge on any atom is -0.324 e. The first kappa shape index (κ1) is 18.7. The lowest BCUT2D eigenvalue weighted by Gasteiger charge is -2.24. The monoisotopic (exact) mass is 410 g/mol. The van der Waals surface area contributed by atoms with Gasteiger partial charge >= 0.3 is 0 Å². The summed E-state index contributed by atoms with van der Waals surface area (Å²) < 4.78 is 2.00. The maximum Gasteiger partial charge on any atom is 0.247 e. The third-order valence-electron chi connectivity index (χ3n) is 4.51. The van der Waals surface area contributed by atoms with Crippen molar-refractivity contribution in [2.24, 2.45) is 5.92 Å². The van der Waals surface area contributed by atoms with Crippen LogP contribution in [0.1, 0.15) is 19.9 Å². The van der Waals surface area contributed by atoms with Gasteiger partial charge in [-0.25, -0.2) is 9.97 Å². The van der Waals surface area contributed by atoms with Gasteiger partial charge in [0.05, 0.1) is 11.0 Å². The van der Waals surface area contributed by atoms with Crippen molar-refractivity contribution in [1.82, 2.24) is 14.5 Å². The number of carbonyl (C=O) groups excluding carboxylic acids is 1. The van der Waals surface area contributed by atoms with Gasteiger partial charge in [-0.2, -0.15) is 0 Å². The zero-order chi connectivity index (χ0) is 19.7. The van der Waals surface area contributed by atoms with Crippen molar-refractivity contribution in [3.05, 3.63) is 65.1 Å². The maximum absolute atomic E-state index is 13.3. The molecule has 4 rings (SSSR count). The first-order chi connectivity index (χ1) is 13.5. The van der Waals surface area contributed by atoms with Crippen molar-refractivity contribution >= 4 is 45.6 Å². The molecule has 5 nitrogen and oxygen atoms in total. The molecule has 1 unspecified atom stereocenters. The molecule has 0 saturated heterocycles. The number of para-hydroxylation sites is 2. The molecule has 28 heavy (non-hydrogen) atoms. The van der Waals surface area contributed by atoms with Gasteiger partial charge in [0.25, 0.3) is 0 Å². The third-order valence-corrected chi connectivity index (χ3v) is 5.53. The molecular weight excluding hydrogens is 392 g/mol. The second kappa shape index (κ2) is 7.73. The van der Waals surface area contributed by atoms with Crippen molar-refractivity contribution in [2.75, 3.05) is 5.32 Å². The summed E-state index contributed by atoms with van der Waals surface area (Å²) in [5.41, 5.74) is 2.47. The summed E-state index contributed by atoms with van der Waals surface area (Å²) in [5, 5.41) is 6.35. The standard InChI is InChI=1S/C21H19ClN4OS/c1-13(2)18(20(27)24-15-9-7-14(22)8-10-15)26-17-6-4-3-5-16(17)25-19(26)21-23-11-12-28-21/h3-13,18H,1-2H3,(H,24,27). The van der Waals surface area contributed by atoms with Crippen molar-refractivity contribution in [2.45, 2.75) is 19.9 Å². The highest BCUT2D eigenvalue weighted by Gasteiger charge is 2.29. The van der Waals surface area contributed by atoms with Crippen molar-refractivity contribution in [3.63, 3.8) is 0 Å². The van der Waals surface area contributed by atoms with E-state index in [1.807, 2.05) is 48.1 Å². The van der Waals surface area contributed by atoms with Crippen LogP contribution in [0.25, 0.3) is 21.9 Å². The molecule has 0 aliphatic rings. The molecule has 4 aromatic rings. The van der Waals surface area contributed by atoms with E-state index in [4.69, 9.17) is 16.6 Å². The molecule has 0 radical (unpaired) electrons. The van der Waals surface area contributed by atoms with Crippen molar-refractivity contribution < 1.29 is 4.79 Å². The molecule has 1 N–H and O–H groups in total. The van der Waals surface area contributed by atoms with Crippen LogP contribution in [0, 0.1) is 5.92 Å². The summed E-state index contributed by atoms with van der Waals surface area (Å²) in [6.07, 6.45) is 1.75. The van der Waals surface area contributed by atoms with Crippen LogP contribution in [0.15, 0.2) is 60.1 Å². The predicted octanol–water partition coefficient (Wildman–Crippen LogP) is 5.65. The highest BCUT2D eigenvalue weighted by molar-refractivity contribution is 7.13. The molecule has 0 bridgehead atoms.